The van der Waals surface area contributed by atoms with Gasteiger partial charge in [0.1, 0.15) is 6.61 Å². The van der Waals surface area contributed by atoms with E-state index in [1.54, 1.807) is 18.3 Å². The van der Waals surface area contributed by atoms with Crippen LogP contribution in [0.2, 0.25) is 0 Å². The Labute approximate surface area is 280 Å². The highest BCUT2D eigenvalue weighted by molar-refractivity contribution is 6.10. The number of rotatable bonds is 20. The molecule has 0 aliphatic rings. The Morgan fingerprint density at radius 2 is 1.38 bits per heavy atom. The lowest BCUT2D eigenvalue weighted by molar-refractivity contribution is -0.117. The summed E-state index contributed by atoms with van der Waals surface area (Å²) in [5.41, 5.74) is 11.4. The molecule has 2 N–H and O–H groups in total. The minimum atomic E-state index is -0.487. The van der Waals surface area contributed by atoms with Crippen molar-refractivity contribution < 1.29 is 19.1 Å². The Kier molecular flexibility index (Phi) is 13.8. The molecule has 0 aliphatic carbocycles. The van der Waals surface area contributed by atoms with Gasteiger partial charge in [0.2, 0.25) is 11.7 Å². The largest absolute Gasteiger partial charge is 0.457 e. The van der Waals surface area contributed by atoms with Gasteiger partial charge in [-0.05, 0) is 92.5 Å². The summed E-state index contributed by atoms with van der Waals surface area (Å²) < 4.78 is 7.39. The Morgan fingerprint density at radius 3 is 2.02 bits per heavy atom. The van der Waals surface area contributed by atoms with E-state index in [-0.39, 0.29) is 18.8 Å². The van der Waals surface area contributed by atoms with Crippen molar-refractivity contribution in [2.75, 3.05) is 19.6 Å². The molecule has 0 saturated carbocycles. The molecular weight excluding hydrogens is 586 g/mol. The molecule has 2 aromatic carbocycles. The maximum atomic E-state index is 14.2. The van der Waals surface area contributed by atoms with E-state index in [9.17, 15) is 14.4 Å². The number of esters is 1. The van der Waals surface area contributed by atoms with Crippen LogP contribution in [0.4, 0.5) is 0 Å². The zero-order valence-electron chi connectivity index (χ0n) is 28.4. The van der Waals surface area contributed by atoms with Crippen LogP contribution in [0.5, 0.6) is 0 Å². The molecule has 2 aromatic heterocycles. The number of primary amides is 1. The number of pyridine rings is 1. The second kappa shape index (κ2) is 18.2. The highest BCUT2D eigenvalue weighted by Crippen LogP contribution is 2.30. The number of ether oxygens (including phenoxy) is 1. The number of fused-ring (bicyclic) bond motifs is 1. The van der Waals surface area contributed by atoms with E-state index in [0.29, 0.717) is 34.3 Å². The molecule has 0 spiro atoms. The standard InChI is InChI=1S/C40H51N3O4/c1-4-7-17-34-35(28-37(41)44)36-27-33(40(46)47-29-31-14-11-10-12-15-31)22-26-43(36)38(34)39(45)32-20-18-30(19-21-32)16-13-25-42(23-8-5-2)24-9-6-3/h10-12,14-15,18-22,26-27H,4-9,13,16-17,23-25,28-29H2,1-3H3,(H2,41,44). The van der Waals surface area contributed by atoms with Crippen LogP contribution in [-0.2, 0) is 35.4 Å². The molecule has 250 valence electrons. The van der Waals surface area contributed by atoms with Crippen molar-refractivity contribution in [3.63, 3.8) is 0 Å². The van der Waals surface area contributed by atoms with Gasteiger partial charge < -0.3 is 19.8 Å². The number of benzene rings is 2. The van der Waals surface area contributed by atoms with Crippen LogP contribution in [-0.4, -0.2) is 46.6 Å². The lowest BCUT2D eigenvalue weighted by atomic mass is 9.96. The number of aromatic nitrogens is 1. The first-order chi connectivity index (χ1) is 22.9. The minimum absolute atomic E-state index is 0.0230. The lowest BCUT2D eigenvalue weighted by Crippen LogP contribution is -2.27. The van der Waals surface area contributed by atoms with Crippen molar-refractivity contribution in [3.05, 3.63) is 112 Å². The third-order valence-corrected chi connectivity index (χ3v) is 8.76. The zero-order valence-corrected chi connectivity index (χ0v) is 28.4. The Balaban J connectivity index is 1.59. The zero-order chi connectivity index (χ0) is 33.6. The van der Waals surface area contributed by atoms with Crippen molar-refractivity contribution in [1.82, 2.24) is 9.30 Å². The Bertz CT molecular complexity index is 1600. The summed E-state index contributed by atoms with van der Waals surface area (Å²) in [5.74, 6) is -1.07. The second-order valence-electron chi connectivity index (χ2n) is 12.5. The normalized spacial score (nSPS) is 11.3. The van der Waals surface area contributed by atoms with Crippen LogP contribution in [0, 0.1) is 0 Å². The van der Waals surface area contributed by atoms with Crippen molar-refractivity contribution in [2.45, 2.75) is 91.6 Å². The maximum absolute atomic E-state index is 14.2. The smallest absolute Gasteiger partial charge is 0.338 e. The van der Waals surface area contributed by atoms with Gasteiger partial charge in [-0.25, -0.2) is 4.79 Å². The number of amides is 1. The molecule has 0 saturated heterocycles. The number of ketones is 1. The summed E-state index contributed by atoms with van der Waals surface area (Å²) >= 11 is 0. The summed E-state index contributed by atoms with van der Waals surface area (Å²) in [6.45, 7) is 10.1. The van der Waals surface area contributed by atoms with Crippen molar-refractivity contribution in [2.24, 2.45) is 5.73 Å². The Hall–Kier alpha value is -4.23. The molecule has 4 aromatic rings. The molecular formula is C40H51N3O4. The lowest BCUT2D eigenvalue weighted by Gasteiger charge is -2.21. The average molecular weight is 638 g/mol. The summed E-state index contributed by atoms with van der Waals surface area (Å²) in [6, 6.07) is 20.8. The molecule has 47 heavy (non-hydrogen) atoms. The van der Waals surface area contributed by atoms with Crippen LogP contribution >= 0.6 is 0 Å². The fraction of sp³-hybridized carbons (Fsp3) is 0.425. The van der Waals surface area contributed by atoms with E-state index in [1.807, 2.05) is 46.9 Å². The maximum Gasteiger partial charge on any atom is 0.338 e. The quantitative estimate of drug-likeness (QED) is 0.0791. The highest BCUT2D eigenvalue weighted by atomic mass is 16.5. The molecule has 4 rings (SSSR count). The van der Waals surface area contributed by atoms with E-state index < -0.39 is 11.9 Å². The van der Waals surface area contributed by atoms with Crippen molar-refractivity contribution in [3.8, 4) is 0 Å². The molecule has 0 bridgehead atoms. The van der Waals surface area contributed by atoms with Gasteiger partial charge in [-0.3, -0.25) is 9.59 Å². The summed E-state index contributed by atoms with van der Waals surface area (Å²) in [5, 5.41) is 0. The van der Waals surface area contributed by atoms with Crippen LogP contribution in [0.1, 0.15) is 114 Å². The molecule has 7 heteroatoms. The molecule has 0 radical (unpaired) electrons. The second-order valence-corrected chi connectivity index (χ2v) is 12.5. The van der Waals surface area contributed by atoms with E-state index in [4.69, 9.17) is 10.5 Å². The molecule has 1 amide bonds. The first kappa shape index (κ1) is 35.6. The molecule has 0 aliphatic heterocycles. The Morgan fingerprint density at radius 1 is 0.723 bits per heavy atom. The van der Waals surface area contributed by atoms with Gasteiger partial charge in [0.05, 0.1) is 23.2 Å². The van der Waals surface area contributed by atoms with Crippen LogP contribution in [0.3, 0.4) is 0 Å². The van der Waals surface area contributed by atoms with Crippen LogP contribution in [0.25, 0.3) is 5.52 Å². The first-order valence-electron chi connectivity index (χ1n) is 17.4. The number of unbranched alkanes of at least 4 members (excludes halogenated alkanes) is 3. The first-order valence-corrected chi connectivity index (χ1v) is 17.4. The third kappa shape index (κ3) is 9.88. The SMILES string of the molecule is CCCCc1c(CC(N)=O)c2cc(C(=O)OCc3ccccc3)ccn2c1C(=O)c1ccc(CCCN(CCCC)CCCC)cc1. The van der Waals surface area contributed by atoms with E-state index in [2.05, 4.69) is 37.8 Å². The average Bonchev–Trinajstić information content (AvgIpc) is 3.38. The van der Waals surface area contributed by atoms with E-state index >= 15 is 0 Å². The van der Waals surface area contributed by atoms with E-state index in [1.165, 1.54) is 31.2 Å². The summed E-state index contributed by atoms with van der Waals surface area (Å²) in [4.78, 5) is 42.1. The molecule has 0 atom stereocenters. The topological polar surface area (TPSA) is 94.1 Å². The molecule has 2 heterocycles. The van der Waals surface area contributed by atoms with Gasteiger partial charge in [-0.1, -0.05) is 94.6 Å². The van der Waals surface area contributed by atoms with Crippen LogP contribution < -0.4 is 5.73 Å². The number of carbonyl (C=O) groups is 3. The predicted molar refractivity (Wildman–Crippen MR) is 189 cm³/mol. The fourth-order valence-electron chi connectivity index (χ4n) is 6.11. The minimum Gasteiger partial charge on any atom is -0.457 e. The monoisotopic (exact) mass is 637 g/mol. The van der Waals surface area contributed by atoms with Gasteiger partial charge in [-0.2, -0.15) is 0 Å². The number of hydrogen-bond donors (Lipinski definition) is 1. The molecule has 0 unspecified atom stereocenters. The number of hydrogen-bond acceptors (Lipinski definition) is 5. The predicted octanol–water partition coefficient (Wildman–Crippen LogP) is 7.73. The number of carbonyl (C=O) groups excluding carboxylic acids is 3. The summed E-state index contributed by atoms with van der Waals surface area (Å²) in [7, 11) is 0. The number of aryl methyl sites for hydroxylation is 1. The van der Waals surface area contributed by atoms with Crippen LogP contribution in [0.15, 0.2) is 72.9 Å². The van der Waals surface area contributed by atoms with E-state index in [0.717, 1.165) is 56.4 Å². The highest BCUT2D eigenvalue weighted by Gasteiger charge is 2.26. The third-order valence-electron chi connectivity index (χ3n) is 8.76. The number of nitrogens with zero attached hydrogens (tertiary/aromatic N) is 2. The number of nitrogens with two attached hydrogens (primary N) is 1. The van der Waals surface area contributed by atoms with Gasteiger partial charge in [0.25, 0.3) is 0 Å². The van der Waals surface area contributed by atoms with Gasteiger partial charge in [0.15, 0.2) is 0 Å². The van der Waals surface area contributed by atoms with Gasteiger partial charge in [0, 0.05) is 11.8 Å². The molecule has 7 nitrogen and oxygen atoms in total. The van der Waals surface area contributed by atoms with Crippen molar-refractivity contribution in [1.29, 1.82) is 0 Å². The van der Waals surface area contributed by atoms with Gasteiger partial charge in [-0.15, -0.1) is 0 Å². The fourth-order valence-corrected chi connectivity index (χ4v) is 6.11. The summed E-state index contributed by atoms with van der Waals surface area (Å²) in [6.07, 6.45) is 11.0. The van der Waals surface area contributed by atoms with Gasteiger partial charge >= 0.3 is 5.97 Å². The molecule has 0 fully saturated rings. The van der Waals surface area contributed by atoms with Crippen molar-refractivity contribution >= 4 is 23.2 Å².